The van der Waals surface area contributed by atoms with Crippen LogP contribution in [0.5, 0.6) is 0 Å². The van der Waals surface area contributed by atoms with Crippen molar-refractivity contribution in [3.63, 3.8) is 0 Å². The highest BCUT2D eigenvalue weighted by atomic mass is 32.2. The summed E-state index contributed by atoms with van der Waals surface area (Å²) in [7, 11) is -4.27. The highest BCUT2D eigenvalue weighted by Gasteiger charge is 2.53. The Morgan fingerprint density at radius 2 is 2.03 bits per heavy atom. The van der Waals surface area contributed by atoms with E-state index in [-0.39, 0.29) is 31.6 Å². The van der Waals surface area contributed by atoms with Crippen LogP contribution < -0.4 is 0 Å². The number of hydrogen-bond donors (Lipinski definition) is 1. The lowest BCUT2D eigenvalue weighted by Crippen LogP contribution is -2.52. The number of carbonyl (C=O) groups is 1. The molecule has 1 fully saturated rings. The molecular formula is C21H20F3N3O5S. The van der Waals surface area contributed by atoms with Gasteiger partial charge in [0.15, 0.2) is 11.3 Å². The molecule has 2 aliphatic heterocycles. The van der Waals surface area contributed by atoms with E-state index in [1.54, 1.807) is 25.3 Å². The molecule has 12 heteroatoms. The maximum Gasteiger partial charge on any atom is 0.416 e. The lowest BCUT2D eigenvalue weighted by Gasteiger charge is -2.43. The Balaban J connectivity index is 1.71. The lowest BCUT2D eigenvalue weighted by atomic mass is 9.74. The fourth-order valence-corrected chi connectivity index (χ4v) is 5.83. The maximum absolute atomic E-state index is 13.3. The van der Waals surface area contributed by atoms with Gasteiger partial charge in [-0.3, -0.25) is 4.98 Å². The van der Waals surface area contributed by atoms with Gasteiger partial charge in [0.05, 0.1) is 10.5 Å². The van der Waals surface area contributed by atoms with Crippen molar-refractivity contribution in [3.8, 4) is 0 Å². The number of aryl methyl sites for hydroxylation is 1. The smallest absolute Gasteiger partial charge is 0.416 e. The third-order valence-corrected chi connectivity index (χ3v) is 7.94. The number of carboxylic acids is 1. The van der Waals surface area contributed by atoms with E-state index in [1.807, 2.05) is 0 Å². The first-order valence-electron chi connectivity index (χ1n) is 10.0. The first-order valence-corrected chi connectivity index (χ1v) is 11.5. The van der Waals surface area contributed by atoms with E-state index in [0.717, 1.165) is 22.5 Å². The Morgan fingerprint density at radius 1 is 1.27 bits per heavy atom. The zero-order valence-electron chi connectivity index (χ0n) is 17.4. The minimum atomic E-state index is -4.69. The molecule has 1 saturated heterocycles. The Labute approximate surface area is 187 Å². The van der Waals surface area contributed by atoms with Crippen LogP contribution in [-0.4, -0.2) is 53.2 Å². The third kappa shape index (κ3) is 4.20. The minimum Gasteiger partial charge on any atom is -0.477 e. The summed E-state index contributed by atoms with van der Waals surface area (Å²) >= 11 is 0. The van der Waals surface area contributed by atoms with Crippen LogP contribution in [0.2, 0.25) is 0 Å². The molecule has 2 unspecified atom stereocenters. The summed E-state index contributed by atoms with van der Waals surface area (Å²) < 4.78 is 67.1. The average Bonchev–Trinajstić information content (AvgIpc) is 3.19. The molecule has 0 radical (unpaired) electrons. The predicted octanol–water partition coefficient (Wildman–Crippen LogP) is 3.19. The van der Waals surface area contributed by atoms with Crippen molar-refractivity contribution in [1.29, 1.82) is 0 Å². The lowest BCUT2D eigenvalue weighted by molar-refractivity contribution is -0.137. The van der Waals surface area contributed by atoms with Crippen molar-refractivity contribution >= 4 is 21.7 Å². The van der Waals surface area contributed by atoms with Gasteiger partial charge >= 0.3 is 12.1 Å². The molecule has 3 heterocycles. The zero-order valence-corrected chi connectivity index (χ0v) is 18.2. The van der Waals surface area contributed by atoms with Crippen LogP contribution in [0.15, 0.2) is 52.6 Å². The van der Waals surface area contributed by atoms with Gasteiger partial charge in [0.1, 0.15) is 0 Å². The fraction of sp³-hybridized carbons (Fsp3) is 0.381. The maximum atomic E-state index is 13.3. The summed E-state index contributed by atoms with van der Waals surface area (Å²) in [5.41, 5.74) is -1.07. The highest BCUT2D eigenvalue weighted by molar-refractivity contribution is 7.89. The quantitative estimate of drug-likeness (QED) is 0.716. The van der Waals surface area contributed by atoms with Gasteiger partial charge < -0.3 is 9.94 Å². The van der Waals surface area contributed by atoms with Crippen LogP contribution in [-0.2, 0) is 25.8 Å². The second-order valence-electron chi connectivity index (χ2n) is 8.05. The molecular weight excluding hydrogens is 463 g/mol. The van der Waals surface area contributed by atoms with E-state index in [0.29, 0.717) is 17.3 Å². The van der Waals surface area contributed by atoms with Crippen LogP contribution in [0, 0.1) is 6.92 Å². The number of carboxylic acid groups (broad SMARTS) is 1. The molecule has 4 rings (SSSR count). The summed E-state index contributed by atoms with van der Waals surface area (Å²) in [4.78, 5) is 20.8. The van der Waals surface area contributed by atoms with Crippen LogP contribution in [0.25, 0.3) is 0 Å². The Hall–Kier alpha value is -2.99. The SMILES string of the molecule is Cc1ncccc1C1CN(S(=O)(=O)c2cccc(C(F)(F)F)c2)CCC12CC(C(=O)O)=NO2. The van der Waals surface area contributed by atoms with Gasteiger partial charge in [-0.05, 0) is 36.8 Å². The van der Waals surface area contributed by atoms with E-state index >= 15 is 0 Å². The monoisotopic (exact) mass is 483 g/mol. The number of aromatic nitrogens is 1. The number of piperidine rings is 1. The standard InChI is InChI=1S/C21H20F3N3O5S/c1-13-16(6-3-8-25-13)17-12-27(9-7-20(17)11-18(19(28)29)26-32-20)33(30,31)15-5-2-4-14(10-15)21(22,23)24/h2-6,8,10,17H,7,9,11-12H2,1H3,(H,28,29). The topological polar surface area (TPSA) is 109 Å². The van der Waals surface area contributed by atoms with Crippen molar-refractivity contribution in [2.75, 3.05) is 13.1 Å². The summed E-state index contributed by atoms with van der Waals surface area (Å²) in [6.07, 6.45) is -3.04. The van der Waals surface area contributed by atoms with Gasteiger partial charge in [0.25, 0.3) is 0 Å². The molecule has 2 aliphatic rings. The number of rotatable bonds is 4. The van der Waals surface area contributed by atoms with Gasteiger partial charge in [-0.15, -0.1) is 0 Å². The zero-order chi connectivity index (χ0) is 24.0. The highest BCUT2D eigenvalue weighted by Crippen LogP contribution is 2.46. The van der Waals surface area contributed by atoms with E-state index < -0.39 is 44.1 Å². The van der Waals surface area contributed by atoms with E-state index in [4.69, 9.17) is 4.84 Å². The number of aliphatic carboxylic acids is 1. The van der Waals surface area contributed by atoms with Crippen molar-refractivity contribution in [3.05, 3.63) is 59.4 Å². The average molecular weight is 483 g/mol. The third-order valence-electron chi connectivity index (χ3n) is 6.08. The fourth-order valence-electron chi connectivity index (χ4n) is 4.33. The minimum absolute atomic E-state index is 0.0290. The molecule has 1 N–H and O–H groups in total. The van der Waals surface area contributed by atoms with Crippen LogP contribution in [0.4, 0.5) is 13.2 Å². The second kappa shape index (κ2) is 8.10. The number of alkyl halides is 3. The molecule has 0 saturated carbocycles. The van der Waals surface area contributed by atoms with Crippen molar-refractivity contribution in [2.45, 2.75) is 42.4 Å². The van der Waals surface area contributed by atoms with Gasteiger partial charge in [-0.2, -0.15) is 17.5 Å². The molecule has 1 aromatic carbocycles. The second-order valence-corrected chi connectivity index (χ2v) is 9.98. The normalized spacial score (nSPS) is 23.9. The molecule has 176 valence electrons. The Kier molecular flexibility index (Phi) is 5.69. The van der Waals surface area contributed by atoms with Gasteiger partial charge in [0, 0.05) is 43.7 Å². The molecule has 1 aromatic heterocycles. The van der Waals surface area contributed by atoms with E-state index in [2.05, 4.69) is 10.1 Å². The number of sulfonamides is 1. The molecule has 2 aromatic rings. The molecule has 2 atom stereocenters. The van der Waals surface area contributed by atoms with Crippen molar-refractivity contribution in [1.82, 2.24) is 9.29 Å². The molecule has 0 aliphatic carbocycles. The molecule has 0 bridgehead atoms. The van der Waals surface area contributed by atoms with Gasteiger partial charge in [0.2, 0.25) is 10.0 Å². The van der Waals surface area contributed by atoms with Crippen LogP contribution in [0.1, 0.15) is 35.6 Å². The summed E-state index contributed by atoms with van der Waals surface area (Å²) in [6, 6.07) is 7.01. The largest absolute Gasteiger partial charge is 0.477 e. The Bertz CT molecular complexity index is 1230. The number of nitrogens with zero attached hydrogens (tertiary/aromatic N) is 3. The van der Waals surface area contributed by atoms with Gasteiger partial charge in [-0.25, -0.2) is 13.2 Å². The predicted molar refractivity (Wildman–Crippen MR) is 110 cm³/mol. The number of oxime groups is 1. The number of hydrogen-bond acceptors (Lipinski definition) is 6. The molecule has 8 nitrogen and oxygen atoms in total. The first kappa shape index (κ1) is 23.2. The van der Waals surface area contributed by atoms with Crippen molar-refractivity contribution < 1.29 is 36.3 Å². The molecule has 1 spiro atoms. The number of pyridine rings is 1. The first-order chi connectivity index (χ1) is 15.4. The molecule has 33 heavy (non-hydrogen) atoms. The summed E-state index contributed by atoms with van der Waals surface area (Å²) in [6.45, 7) is 1.53. The van der Waals surface area contributed by atoms with Crippen LogP contribution >= 0.6 is 0 Å². The van der Waals surface area contributed by atoms with E-state index in [9.17, 15) is 31.5 Å². The number of halogens is 3. The van der Waals surface area contributed by atoms with E-state index in [1.165, 1.54) is 0 Å². The van der Waals surface area contributed by atoms with Crippen molar-refractivity contribution in [2.24, 2.45) is 5.16 Å². The Morgan fingerprint density at radius 3 is 2.67 bits per heavy atom. The number of benzene rings is 1. The molecule has 0 amide bonds. The summed E-state index contributed by atoms with van der Waals surface area (Å²) in [5, 5.41) is 13.0. The van der Waals surface area contributed by atoms with Gasteiger partial charge in [-0.1, -0.05) is 17.3 Å². The van der Waals surface area contributed by atoms with Crippen LogP contribution in [0.3, 0.4) is 0 Å². The summed E-state index contributed by atoms with van der Waals surface area (Å²) in [5.74, 6) is -1.87.